The zero-order valence-electron chi connectivity index (χ0n) is 11.7. The Kier molecular flexibility index (Phi) is 4.90. The second-order valence-electron chi connectivity index (χ2n) is 4.38. The molecule has 2 aromatic rings. The first-order chi connectivity index (χ1) is 10.0. The van der Waals surface area contributed by atoms with Crippen LogP contribution in [-0.4, -0.2) is 14.2 Å². The van der Waals surface area contributed by atoms with Crippen LogP contribution in [0, 0.1) is 5.82 Å². The molecular formula is C15H16BrFN2O2. The number of ether oxygens (including phenoxy) is 2. The van der Waals surface area contributed by atoms with E-state index in [1.54, 1.807) is 38.5 Å². The fraction of sp³-hybridized carbons (Fsp3) is 0.200. The Balaban J connectivity index is 2.21. The van der Waals surface area contributed by atoms with Crippen LogP contribution >= 0.6 is 15.9 Å². The average Bonchev–Trinajstić information content (AvgIpc) is 2.48. The minimum atomic E-state index is -0.273. The molecule has 0 spiro atoms. The Labute approximate surface area is 131 Å². The number of halogens is 2. The van der Waals surface area contributed by atoms with Crippen molar-refractivity contribution in [3.05, 3.63) is 46.2 Å². The second-order valence-corrected chi connectivity index (χ2v) is 5.30. The van der Waals surface area contributed by atoms with E-state index in [1.165, 1.54) is 6.07 Å². The van der Waals surface area contributed by atoms with Crippen LogP contribution in [0.2, 0.25) is 0 Å². The third kappa shape index (κ3) is 3.58. The fourth-order valence-corrected chi connectivity index (χ4v) is 2.33. The van der Waals surface area contributed by atoms with Gasteiger partial charge in [0, 0.05) is 28.7 Å². The summed E-state index contributed by atoms with van der Waals surface area (Å²) in [6.45, 7) is 0.310. The lowest BCUT2D eigenvalue weighted by molar-refractivity contribution is 0.355. The van der Waals surface area contributed by atoms with Crippen molar-refractivity contribution in [2.24, 2.45) is 0 Å². The first-order valence-corrected chi connectivity index (χ1v) is 7.03. The average molecular weight is 355 g/mol. The highest BCUT2D eigenvalue weighted by atomic mass is 79.9. The third-order valence-corrected chi connectivity index (χ3v) is 3.53. The number of rotatable bonds is 5. The molecule has 0 saturated heterocycles. The second kappa shape index (κ2) is 6.67. The minimum absolute atomic E-state index is 0.273. The van der Waals surface area contributed by atoms with E-state index in [-0.39, 0.29) is 5.82 Å². The zero-order valence-corrected chi connectivity index (χ0v) is 13.3. The Morgan fingerprint density at radius 3 is 2.48 bits per heavy atom. The van der Waals surface area contributed by atoms with Gasteiger partial charge in [0.05, 0.1) is 25.6 Å². The quantitative estimate of drug-likeness (QED) is 0.801. The van der Waals surface area contributed by atoms with Gasteiger partial charge in [-0.1, -0.05) is 15.9 Å². The van der Waals surface area contributed by atoms with Crippen molar-refractivity contribution in [2.75, 3.05) is 25.3 Å². The van der Waals surface area contributed by atoms with Crippen molar-refractivity contribution >= 4 is 27.3 Å². The van der Waals surface area contributed by atoms with E-state index in [4.69, 9.17) is 15.2 Å². The van der Waals surface area contributed by atoms with Gasteiger partial charge in [-0.15, -0.1) is 0 Å². The van der Waals surface area contributed by atoms with Gasteiger partial charge >= 0.3 is 0 Å². The van der Waals surface area contributed by atoms with Gasteiger partial charge in [0.25, 0.3) is 0 Å². The summed E-state index contributed by atoms with van der Waals surface area (Å²) in [4.78, 5) is 0. The number of nitrogens with two attached hydrogens (primary N) is 1. The summed E-state index contributed by atoms with van der Waals surface area (Å²) in [5, 5.41) is 3.10. The largest absolute Gasteiger partial charge is 0.493 e. The van der Waals surface area contributed by atoms with Crippen molar-refractivity contribution in [1.82, 2.24) is 0 Å². The van der Waals surface area contributed by atoms with Gasteiger partial charge in [-0.05, 0) is 18.2 Å². The first-order valence-electron chi connectivity index (χ1n) is 6.24. The van der Waals surface area contributed by atoms with Gasteiger partial charge in [0.1, 0.15) is 5.82 Å². The van der Waals surface area contributed by atoms with Crippen LogP contribution < -0.4 is 20.5 Å². The molecule has 112 valence electrons. The molecule has 0 amide bonds. The van der Waals surface area contributed by atoms with Crippen LogP contribution in [0.5, 0.6) is 11.5 Å². The molecule has 0 saturated carbocycles. The fourth-order valence-electron chi connectivity index (χ4n) is 1.92. The predicted octanol–water partition coefficient (Wildman–Crippen LogP) is 3.80. The van der Waals surface area contributed by atoms with Crippen molar-refractivity contribution in [2.45, 2.75) is 6.54 Å². The highest BCUT2D eigenvalue weighted by molar-refractivity contribution is 9.10. The smallest absolute Gasteiger partial charge is 0.162 e. The lowest BCUT2D eigenvalue weighted by atomic mass is 10.2. The Hall–Kier alpha value is -1.95. The number of hydrogen-bond acceptors (Lipinski definition) is 4. The Morgan fingerprint density at radius 1 is 1.14 bits per heavy atom. The molecule has 0 aliphatic carbocycles. The van der Waals surface area contributed by atoms with Gasteiger partial charge < -0.3 is 20.5 Å². The highest BCUT2D eigenvalue weighted by Gasteiger charge is 2.10. The number of methoxy groups -OCH3 is 2. The maximum Gasteiger partial charge on any atom is 0.162 e. The molecule has 0 aliphatic rings. The van der Waals surface area contributed by atoms with Crippen molar-refractivity contribution in [3.63, 3.8) is 0 Å². The van der Waals surface area contributed by atoms with Gasteiger partial charge in [-0.2, -0.15) is 0 Å². The van der Waals surface area contributed by atoms with Gasteiger partial charge in [0.15, 0.2) is 11.5 Å². The number of nitrogen functional groups attached to an aromatic ring is 1. The lowest BCUT2D eigenvalue weighted by Crippen LogP contribution is -2.05. The highest BCUT2D eigenvalue weighted by Crippen LogP contribution is 2.35. The summed E-state index contributed by atoms with van der Waals surface area (Å²) in [6.07, 6.45) is 0. The monoisotopic (exact) mass is 354 g/mol. The Morgan fingerprint density at radius 2 is 1.81 bits per heavy atom. The molecule has 0 radical (unpaired) electrons. The lowest BCUT2D eigenvalue weighted by Gasteiger charge is -2.14. The van der Waals surface area contributed by atoms with Crippen molar-refractivity contribution < 1.29 is 13.9 Å². The maximum atomic E-state index is 13.7. The molecule has 0 heterocycles. The number of anilines is 2. The van der Waals surface area contributed by atoms with Crippen LogP contribution in [0.15, 0.2) is 34.8 Å². The molecule has 4 nitrogen and oxygen atoms in total. The summed E-state index contributed by atoms with van der Waals surface area (Å²) in [5.74, 6) is 0.836. The summed E-state index contributed by atoms with van der Waals surface area (Å²) in [7, 11) is 3.09. The maximum absolute atomic E-state index is 13.7. The van der Waals surface area contributed by atoms with E-state index >= 15 is 0 Å². The van der Waals surface area contributed by atoms with Crippen LogP contribution in [0.3, 0.4) is 0 Å². The predicted molar refractivity (Wildman–Crippen MR) is 85.4 cm³/mol. The van der Waals surface area contributed by atoms with Crippen LogP contribution in [0.25, 0.3) is 0 Å². The summed E-state index contributed by atoms with van der Waals surface area (Å²) >= 11 is 3.32. The standard InChI is InChI=1S/C15H16BrFN2O2/c1-20-14-6-12(18)13(7-15(14)21-2)19-8-9-5-10(16)3-4-11(9)17/h3-7,19H,8,18H2,1-2H3. The van der Waals surface area contributed by atoms with E-state index in [2.05, 4.69) is 21.2 Å². The number of nitrogens with one attached hydrogen (secondary N) is 1. The summed E-state index contributed by atoms with van der Waals surface area (Å²) < 4.78 is 24.9. The van der Waals surface area contributed by atoms with E-state index in [0.29, 0.717) is 35.0 Å². The summed E-state index contributed by atoms with van der Waals surface area (Å²) in [5.41, 5.74) is 7.65. The molecule has 3 N–H and O–H groups in total. The van der Waals surface area contributed by atoms with Crippen molar-refractivity contribution in [1.29, 1.82) is 0 Å². The molecule has 6 heteroatoms. The molecule has 2 rings (SSSR count). The van der Waals surface area contributed by atoms with Crippen LogP contribution in [0.1, 0.15) is 5.56 Å². The molecule has 0 bridgehead atoms. The topological polar surface area (TPSA) is 56.5 Å². The molecule has 21 heavy (non-hydrogen) atoms. The van der Waals surface area contributed by atoms with E-state index in [1.807, 2.05) is 0 Å². The number of hydrogen-bond donors (Lipinski definition) is 2. The third-order valence-electron chi connectivity index (χ3n) is 3.03. The molecule has 0 unspecified atom stereocenters. The van der Waals surface area contributed by atoms with Crippen LogP contribution in [0.4, 0.5) is 15.8 Å². The first kappa shape index (κ1) is 15.4. The molecule has 0 fully saturated rings. The molecule has 0 aromatic heterocycles. The SMILES string of the molecule is COc1cc(N)c(NCc2cc(Br)ccc2F)cc1OC. The van der Waals surface area contributed by atoms with Crippen molar-refractivity contribution in [3.8, 4) is 11.5 Å². The van der Waals surface area contributed by atoms with Gasteiger partial charge in [0.2, 0.25) is 0 Å². The normalized spacial score (nSPS) is 10.3. The van der Waals surface area contributed by atoms with E-state index in [9.17, 15) is 4.39 Å². The van der Waals surface area contributed by atoms with E-state index in [0.717, 1.165) is 4.47 Å². The molecular weight excluding hydrogens is 339 g/mol. The van der Waals surface area contributed by atoms with Gasteiger partial charge in [-0.25, -0.2) is 4.39 Å². The zero-order chi connectivity index (χ0) is 15.4. The van der Waals surface area contributed by atoms with Crippen LogP contribution in [-0.2, 0) is 6.54 Å². The molecule has 2 aromatic carbocycles. The molecule has 0 aliphatic heterocycles. The molecule has 0 atom stereocenters. The Bertz CT molecular complexity index is 650. The van der Waals surface area contributed by atoms with Gasteiger partial charge in [-0.3, -0.25) is 0 Å². The van der Waals surface area contributed by atoms with E-state index < -0.39 is 0 Å². The summed E-state index contributed by atoms with van der Waals surface area (Å²) in [6, 6.07) is 8.18. The number of benzene rings is 2. The minimum Gasteiger partial charge on any atom is -0.493 e.